The van der Waals surface area contributed by atoms with Gasteiger partial charge in [0.05, 0.1) is 36.8 Å². The number of aromatic nitrogens is 4. The number of benzene rings is 1. The molecule has 1 aromatic carbocycles. The largest absolute Gasteiger partial charge is 0.394 e. The van der Waals surface area contributed by atoms with Crippen LogP contribution in [0.1, 0.15) is 37.3 Å². The molecule has 0 unspecified atom stereocenters. The molecule has 4 rings (SSSR count). The minimum Gasteiger partial charge on any atom is -0.394 e. The Bertz CT molecular complexity index is 1090. The summed E-state index contributed by atoms with van der Waals surface area (Å²) >= 11 is 6.00. The van der Waals surface area contributed by atoms with E-state index in [0.29, 0.717) is 28.0 Å². The smallest absolute Gasteiger partial charge is 0.319 e. The number of rotatable bonds is 7. The molecule has 0 saturated heterocycles. The Morgan fingerprint density at radius 2 is 2.06 bits per heavy atom. The summed E-state index contributed by atoms with van der Waals surface area (Å²) in [7, 11) is 0. The molecule has 1 aliphatic carbocycles. The zero-order chi connectivity index (χ0) is 23.2. The molecular formula is C22H26ClN7O3. The molecule has 1 atom stereocenters. The summed E-state index contributed by atoms with van der Waals surface area (Å²) in [4.78, 5) is 21.2. The Balaban J connectivity index is 1.37. The average Bonchev–Trinajstić information content (AvgIpc) is 3.27. The molecule has 2 aromatic heterocycles. The monoisotopic (exact) mass is 471 g/mol. The maximum Gasteiger partial charge on any atom is 0.319 e. The number of halogens is 1. The molecule has 1 saturated carbocycles. The molecule has 174 valence electrons. The van der Waals surface area contributed by atoms with Crippen LogP contribution in [0.15, 0.2) is 48.9 Å². The lowest BCUT2D eigenvalue weighted by atomic mass is 9.93. The Kier molecular flexibility index (Phi) is 7.38. The van der Waals surface area contributed by atoms with Gasteiger partial charge < -0.3 is 26.2 Å². The van der Waals surface area contributed by atoms with Crippen LogP contribution >= 0.6 is 11.6 Å². The summed E-state index contributed by atoms with van der Waals surface area (Å²) < 4.78 is 1.54. The molecule has 0 radical (unpaired) electrons. The van der Waals surface area contributed by atoms with E-state index in [1.54, 1.807) is 42.7 Å². The Hall–Kier alpha value is -3.21. The van der Waals surface area contributed by atoms with E-state index < -0.39 is 12.1 Å². The number of carbonyl (C=O) groups is 1. The van der Waals surface area contributed by atoms with Crippen LogP contribution in [0.4, 0.5) is 16.4 Å². The van der Waals surface area contributed by atoms with E-state index in [0.717, 1.165) is 25.7 Å². The number of nitrogens with zero attached hydrogens (tertiary/aromatic N) is 4. The fraction of sp³-hybridized carbons (Fsp3) is 0.364. The zero-order valence-electron chi connectivity index (χ0n) is 17.9. The molecule has 0 aliphatic heterocycles. The lowest BCUT2D eigenvalue weighted by Gasteiger charge is -2.26. The Morgan fingerprint density at radius 1 is 1.24 bits per heavy atom. The van der Waals surface area contributed by atoms with Crippen molar-refractivity contribution < 1.29 is 15.0 Å². The van der Waals surface area contributed by atoms with E-state index >= 15 is 0 Å². The fourth-order valence-corrected chi connectivity index (χ4v) is 3.94. The van der Waals surface area contributed by atoms with Gasteiger partial charge in [0.25, 0.3) is 0 Å². The van der Waals surface area contributed by atoms with Crippen LogP contribution in [0.2, 0.25) is 5.02 Å². The SMILES string of the molecule is O=C(Nc1cnn(-c2ccnc(NC3CCC(O)CC3)n2)c1)N[C@H](CO)c1cccc(Cl)c1. The lowest BCUT2D eigenvalue weighted by molar-refractivity contribution is 0.126. The third-order valence-corrected chi connectivity index (χ3v) is 5.72. The van der Waals surface area contributed by atoms with Gasteiger partial charge in [-0.2, -0.15) is 10.1 Å². The number of nitrogens with one attached hydrogen (secondary N) is 3. The quantitative estimate of drug-likeness (QED) is 0.357. The highest BCUT2D eigenvalue weighted by Crippen LogP contribution is 2.21. The number of hydrogen-bond acceptors (Lipinski definition) is 7. The van der Waals surface area contributed by atoms with E-state index in [-0.39, 0.29) is 18.8 Å². The summed E-state index contributed by atoms with van der Waals surface area (Å²) in [6.45, 7) is -0.274. The van der Waals surface area contributed by atoms with Crippen molar-refractivity contribution in [3.8, 4) is 5.82 Å². The maximum atomic E-state index is 12.4. The van der Waals surface area contributed by atoms with Gasteiger partial charge >= 0.3 is 6.03 Å². The lowest BCUT2D eigenvalue weighted by Crippen LogP contribution is -2.34. The molecule has 0 bridgehead atoms. The summed E-state index contributed by atoms with van der Waals surface area (Å²) in [6, 6.07) is 7.80. The number of hydrogen-bond donors (Lipinski definition) is 5. The standard InChI is InChI=1S/C22H26ClN7O3/c23-15-3-1-2-14(10-15)19(13-31)28-22(33)27-17-11-25-30(12-17)20-8-9-24-21(29-20)26-16-4-6-18(32)7-5-16/h1-3,8-12,16,18-19,31-32H,4-7,13H2,(H,24,26,29)(H2,27,28,33)/t16?,18?,19-/m1/s1. The number of anilines is 2. The van der Waals surface area contributed by atoms with E-state index in [9.17, 15) is 15.0 Å². The second kappa shape index (κ2) is 10.6. The normalized spacial score (nSPS) is 19.0. The highest BCUT2D eigenvalue weighted by molar-refractivity contribution is 6.30. The van der Waals surface area contributed by atoms with E-state index in [1.807, 2.05) is 0 Å². The summed E-state index contributed by atoms with van der Waals surface area (Å²) in [5, 5.41) is 32.8. The van der Waals surface area contributed by atoms with Crippen LogP contribution < -0.4 is 16.0 Å². The van der Waals surface area contributed by atoms with E-state index in [1.165, 1.54) is 10.9 Å². The molecule has 11 heteroatoms. The fourth-order valence-electron chi connectivity index (χ4n) is 3.74. The molecule has 1 fully saturated rings. The van der Waals surface area contributed by atoms with Crippen molar-refractivity contribution in [2.75, 3.05) is 17.2 Å². The van der Waals surface area contributed by atoms with Crippen LogP contribution in [0.5, 0.6) is 0 Å². The third-order valence-electron chi connectivity index (χ3n) is 5.48. The average molecular weight is 472 g/mol. The molecule has 10 nitrogen and oxygen atoms in total. The first kappa shape index (κ1) is 23.0. The first-order valence-electron chi connectivity index (χ1n) is 10.8. The van der Waals surface area contributed by atoms with E-state index in [4.69, 9.17) is 11.6 Å². The first-order chi connectivity index (χ1) is 16.0. The van der Waals surface area contributed by atoms with Gasteiger partial charge in [-0.1, -0.05) is 23.7 Å². The number of amides is 2. The van der Waals surface area contributed by atoms with Gasteiger partial charge in [0, 0.05) is 23.3 Å². The zero-order valence-corrected chi connectivity index (χ0v) is 18.6. The van der Waals surface area contributed by atoms with Crippen molar-refractivity contribution >= 4 is 29.3 Å². The minimum atomic E-state index is -0.602. The van der Waals surface area contributed by atoms with Gasteiger partial charge in [-0.15, -0.1) is 0 Å². The van der Waals surface area contributed by atoms with Crippen molar-refractivity contribution in [2.24, 2.45) is 0 Å². The maximum absolute atomic E-state index is 12.4. The second-order valence-corrected chi connectivity index (χ2v) is 8.39. The first-order valence-corrected chi connectivity index (χ1v) is 11.1. The van der Waals surface area contributed by atoms with Crippen LogP contribution in [0.3, 0.4) is 0 Å². The number of urea groups is 1. The van der Waals surface area contributed by atoms with Gasteiger partial charge in [0.1, 0.15) is 0 Å². The molecule has 1 aliphatic rings. The number of aliphatic hydroxyl groups excluding tert-OH is 2. The molecule has 5 N–H and O–H groups in total. The summed E-state index contributed by atoms with van der Waals surface area (Å²) in [6.07, 6.45) is 7.82. The Morgan fingerprint density at radius 3 is 2.82 bits per heavy atom. The van der Waals surface area contributed by atoms with Gasteiger partial charge in [-0.05, 0) is 43.4 Å². The minimum absolute atomic E-state index is 0.222. The third kappa shape index (κ3) is 6.19. The molecule has 2 amide bonds. The second-order valence-electron chi connectivity index (χ2n) is 7.95. The summed E-state index contributed by atoms with van der Waals surface area (Å²) in [5.41, 5.74) is 1.16. The summed E-state index contributed by atoms with van der Waals surface area (Å²) in [5.74, 6) is 1.04. The van der Waals surface area contributed by atoms with Crippen molar-refractivity contribution in [1.82, 2.24) is 25.1 Å². The van der Waals surface area contributed by atoms with Crippen LogP contribution in [0.25, 0.3) is 5.82 Å². The predicted molar refractivity (Wildman–Crippen MR) is 124 cm³/mol. The van der Waals surface area contributed by atoms with Crippen molar-refractivity contribution in [1.29, 1.82) is 0 Å². The van der Waals surface area contributed by atoms with Crippen molar-refractivity contribution in [2.45, 2.75) is 43.9 Å². The van der Waals surface area contributed by atoms with Gasteiger partial charge in [-0.25, -0.2) is 14.5 Å². The molecule has 2 heterocycles. The Labute approximate surface area is 196 Å². The highest BCUT2D eigenvalue weighted by atomic mass is 35.5. The van der Waals surface area contributed by atoms with Gasteiger partial charge in [-0.3, -0.25) is 0 Å². The number of aliphatic hydroxyl groups is 2. The van der Waals surface area contributed by atoms with Crippen molar-refractivity contribution in [3.63, 3.8) is 0 Å². The topological polar surface area (TPSA) is 137 Å². The highest BCUT2D eigenvalue weighted by Gasteiger charge is 2.20. The predicted octanol–water partition coefficient (Wildman–Crippen LogP) is 2.89. The van der Waals surface area contributed by atoms with Gasteiger partial charge in [0.2, 0.25) is 5.95 Å². The molecule has 33 heavy (non-hydrogen) atoms. The molecule has 3 aromatic rings. The molecular weight excluding hydrogens is 446 g/mol. The number of carbonyl (C=O) groups excluding carboxylic acids is 1. The van der Waals surface area contributed by atoms with Crippen molar-refractivity contribution in [3.05, 3.63) is 59.5 Å². The molecule has 0 spiro atoms. The van der Waals surface area contributed by atoms with E-state index in [2.05, 4.69) is 31.0 Å². The van der Waals surface area contributed by atoms with Crippen LogP contribution in [0, 0.1) is 0 Å². The van der Waals surface area contributed by atoms with Crippen LogP contribution in [-0.4, -0.2) is 54.7 Å². The van der Waals surface area contributed by atoms with Crippen LogP contribution in [-0.2, 0) is 0 Å². The van der Waals surface area contributed by atoms with Gasteiger partial charge in [0.15, 0.2) is 5.82 Å².